The minimum atomic E-state index is -3.03. The maximum absolute atomic E-state index is 12.9. The SMILES string of the molecule is CS(=O)(=O)CCCC(O)c1cn[nH]c1-c1ccc(F)cc1. The van der Waals surface area contributed by atoms with Gasteiger partial charge in [-0.1, -0.05) is 0 Å². The molecule has 0 spiro atoms. The van der Waals surface area contributed by atoms with E-state index < -0.39 is 15.9 Å². The number of aromatic nitrogens is 2. The summed E-state index contributed by atoms with van der Waals surface area (Å²) in [6.07, 6.45) is 2.55. The number of nitrogens with one attached hydrogen (secondary N) is 1. The van der Waals surface area contributed by atoms with Crippen molar-refractivity contribution in [2.45, 2.75) is 18.9 Å². The second-order valence-corrected chi connectivity index (χ2v) is 7.25. The Hall–Kier alpha value is -1.73. The van der Waals surface area contributed by atoms with E-state index >= 15 is 0 Å². The maximum atomic E-state index is 12.9. The first-order valence-electron chi connectivity index (χ1n) is 6.52. The zero-order valence-corrected chi connectivity index (χ0v) is 12.4. The Balaban J connectivity index is 2.10. The summed E-state index contributed by atoms with van der Waals surface area (Å²) in [5.74, 6) is -0.304. The van der Waals surface area contributed by atoms with Gasteiger partial charge in [-0.05, 0) is 37.1 Å². The summed E-state index contributed by atoms with van der Waals surface area (Å²) in [5, 5.41) is 16.9. The van der Waals surface area contributed by atoms with Crippen LogP contribution in [0.1, 0.15) is 24.5 Å². The second kappa shape index (κ2) is 6.36. The molecule has 114 valence electrons. The fourth-order valence-corrected chi connectivity index (χ4v) is 2.78. The van der Waals surface area contributed by atoms with E-state index in [0.717, 1.165) is 0 Å². The number of benzene rings is 1. The average Bonchev–Trinajstić information content (AvgIpc) is 2.87. The molecule has 0 amide bonds. The van der Waals surface area contributed by atoms with Crippen molar-refractivity contribution >= 4 is 9.84 Å². The highest BCUT2D eigenvalue weighted by Crippen LogP contribution is 2.28. The van der Waals surface area contributed by atoms with E-state index in [1.165, 1.54) is 24.6 Å². The number of nitrogens with zero attached hydrogens (tertiary/aromatic N) is 1. The molecule has 1 atom stereocenters. The molecule has 0 radical (unpaired) electrons. The summed E-state index contributed by atoms with van der Waals surface area (Å²) in [6, 6.07) is 5.84. The van der Waals surface area contributed by atoms with E-state index in [9.17, 15) is 17.9 Å². The Kier molecular flexibility index (Phi) is 4.74. The van der Waals surface area contributed by atoms with Crippen LogP contribution in [0.3, 0.4) is 0 Å². The van der Waals surface area contributed by atoms with Crippen molar-refractivity contribution in [2.24, 2.45) is 0 Å². The summed E-state index contributed by atoms with van der Waals surface area (Å²) >= 11 is 0. The minimum Gasteiger partial charge on any atom is -0.388 e. The van der Waals surface area contributed by atoms with Crippen LogP contribution in [-0.2, 0) is 9.84 Å². The molecule has 0 aliphatic rings. The van der Waals surface area contributed by atoms with E-state index in [1.54, 1.807) is 12.1 Å². The van der Waals surface area contributed by atoms with Crippen molar-refractivity contribution in [1.82, 2.24) is 10.2 Å². The van der Waals surface area contributed by atoms with E-state index in [-0.39, 0.29) is 11.6 Å². The third-order valence-electron chi connectivity index (χ3n) is 3.15. The number of sulfone groups is 1. The van der Waals surface area contributed by atoms with Gasteiger partial charge in [-0.3, -0.25) is 5.10 Å². The van der Waals surface area contributed by atoms with E-state index in [2.05, 4.69) is 10.2 Å². The molecule has 2 rings (SSSR count). The summed E-state index contributed by atoms with van der Waals surface area (Å²) < 4.78 is 35.1. The van der Waals surface area contributed by atoms with Crippen LogP contribution in [0.4, 0.5) is 4.39 Å². The van der Waals surface area contributed by atoms with Crippen LogP contribution >= 0.6 is 0 Å². The van der Waals surface area contributed by atoms with Crippen molar-refractivity contribution in [3.63, 3.8) is 0 Å². The van der Waals surface area contributed by atoms with Crippen molar-refractivity contribution in [2.75, 3.05) is 12.0 Å². The minimum absolute atomic E-state index is 0.0355. The van der Waals surface area contributed by atoms with Gasteiger partial charge in [-0.15, -0.1) is 0 Å². The molecule has 0 aliphatic heterocycles. The third-order valence-corrected chi connectivity index (χ3v) is 4.18. The van der Waals surface area contributed by atoms with Gasteiger partial charge in [0.05, 0.1) is 18.0 Å². The largest absolute Gasteiger partial charge is 0.388 e. The van der Waals surface area contributed by atoms with E-state index in [0.29, 0.717) is 29.7 Å². The predicted octanol–water partition coefficient (Wildman–Crippen LogP) is 2.07. The van der Waals surface area contributed by atoms with Crippen LogP contribution in [0, 0.1) is 5.82 Å². The van der Waals surface area contributed by atoms with E-state index in [1.807, 2.05) is 0 Å². The van der Waals surface area contributed by atoms with Crippen molar-refractivity contribution in [3.8, 4) is 11.3 Å². The van der Waals surface area contributed by atoms with Gasteiger partial charge in [0.1, 0.15) is 15.7 Å². The first-order valence-corrected chi connectivity index (χ1v) is 8.58. The lowest BCUT2D eigenvalue weighted by Gasteiger charge is -2.11. The molecule has 0 bridgehead atoms. The summed E-state index contributed by atoms with van der Waals surface area (Å²) in [6.45, 7) is 0. The molecule has 21 heavy (non-hydrogen) atoms. The Morgan fingerprint density at radius 2 is 2.00 bits per heavy atom. The monoisotopic (exact) mass is 312 g/mol. The van der Waals surface area contributed by atoms with Crippen LogP contribution < -0.4 is 0 Å². The maximum Gasteiger partial charge on any atom is 0.147 e. The Labute approximate surface area is 122 Å². The molecule has 0 fully saturated rings. The lowest BCUT2D eigenvalue weighted by Crippen LogP contribution is -2.06. The van der Waals surface area contributed by atoms with Crippen molar-refractivity contribution < 1.29 is 17.9 Å². The average molecular weight is 312 g/mol. The van der Waals surface area contributed by atoms with Crippen LogP contribution in [0.15, 0.2) is 30.5 Å². The molecule has 2 N–H and O–H groups in total. The predicted molar refractivity (Wildman–Crippen MR) is 77.9 cm³/mol. The molecule has 1 aromatic carbocycles. The second-order valence-electron chi connectivity index (χ2n) is 5.00. The van der Waals surface area contributed by atoms with Gasteiger partial charge in [0, 0.05) is 23.1 Å². The first-order chi connectivity index (χ1) is 9.87. The highest BCUT2D eigenvalue weighted by atomic mass is 32.2. The van der Waals surface area contributed by atoms with Gasteiger partial charge in [0.25, 0.3) is 0 Å². The van der Waals surface area contributed by atoms with E-state index in [4.69, 9.17) is 0 Å². The zero-order valence-electron chi connectivity index (χ0n) is 11.6. The van der Waals surface area contributed by atoms with Gasteiger partial charge in [0.15, 0.2) is 0 Å². The molecule has 2 aromatic rings. The number of hydrogen-bond donors (Lipinski definition) is 2. The summed E-state index contributed by atoms with van der Waals surface area (Å²) in [4.78, 5) is 0. The van der Waals surface area contributed by atoms with Crippen LogP contribution in [0.25, 0.3) is 11.3 Å². The third kappa shape index (κ3) is 4.37. The number of aliphatic hydroxyl groups excluding tert-OH is 1. The topological polar surface area (TPSA) is 83.1 Å². The summed E-state index contributed by atoms with van der Waals surface area (Å²) in [7, 11) is -3.03. The van der Waals surface area contributed by atoms with Crippen molar-refractivity contribution in [3.05, 3.63) is 41.8 Å². The van der Waals surface area contributed by atoms with Gasteiger partial charge >= 0.3 is 0 Å². The molecule has 1 unspecified atom stereocenters. The van der Waals surface area contributed by atoms with Gasteiger partial charge in [-0.2, -0.15) is 5.10 Å². The molecule has 5 nitrogen and oxygen atoms in total. The molecule has 1 aromatic heterocycles. The number of hydrogen-bond acceptors (Lipinski definition) is 4. The Morgan fingerprint density at radius 1 is 1.33 bits per heavy atom. The van der Waals surface area contributed by atoms with Crippen LogP contribution in [0.2, 0.25) is 0 Å². The Morgan fingerprint density at radius 3 is 2.62 bits per heavy atom. The number of halogens is 1. The molecular weight excluding hydrogens is 295 g/mol. The Bertz CT molecular complexity index is 695. The number of H-pyrrole nitrogens is 1. The highest BCUT2D eigenvalue weighted by Gasteiger charge is 2.16. The lowest BCUT2D eigenvalue weighted by atomic mass is 10.0. The van der Waals surface area contributed by atoms with Gasteiger partial charge < -0.3 is 5.11 Å². The molecule has 1 heterocycles. The molecule has 7 heteroatoms. The number of aliphatic hydroxyl groups is 1. The quantitative estimate of drug-likeness (QED) is 0.855. The van der Waals surface area contributed by atoms with Crippen LogP contribution in [-0.4, -0.2) is 35.7 Å². The fourth-order valence-electron chi connectivity index (χ4n) is 2.09. The van der Waals surface area contributed by atoms with Crippen LogP contribution in [0.5, 0.6) is 0 Å². The molecule has 0 saturated carbocycles. The smallest absolute Gasteiger partial charge is 0.147 e. The van der Waals surface area contributed by atoms with Crippen molar-refractivity contribution in [1.29, 1.82) is 0 Å². The van der Waals surface area contributed by atoms with Gasteiger partial charge in [0.2, 0.25) is 0 Å². The standard InChI is InChI=1S/C14H17FN2O3S/c1-21(19,20)8-2-3-13(18)12-9-16-17-14(12)10-4-6-11(15)7-5-10/h4-7,9,13,18H,2-3,8H2,1H3,(H,16,17). The first kappa shape index (κ1) is 15.7. The number of rotatable bonds is 6. The molecular formula is C14H17FN2O3S. The summed E-state index contributed by atoms with van der Waals surface area (Å²) in [5.41, 5.74) is 1.91. The highest BCUT2D eigenvalue weighted by molar-refractivity contribution is 7.90. The zero-order chi connectivity index (χ0) is 15.5. The molecule has 0 aliphatic carbocycles. The lowest BCUT2D eigenvalue weighted by molar-refractivity contribution is 0.167. The molecule has 0 saturated heterocycles. The fraction of sp³-hybridized carbons (Fsp3) is 0.357. The normalized spacial score (nSPS) is 13.3. The number of aromatic amines is 1. The van der Waals surface area contributed by atoms with Gasteiger partial charge in [-0.25, -0.2) is 12.8 Å².